The molecule has 3 heterocycles. The predicted molar refractivity (Wildman–Crippen MR) is 126 cm³/mol. The SMILES string of the molecule is COc1ccc(Cl)cc1N1CC(C(=O)N2CCN(c3nnnn3-c3ccccc3)CC2)CC1=O. The molecule has 0 radical (unpaired) electrons. The summed E-state index contributed by atoms with van der Waals surface area (Å²) in [6.07, 6.45) is 0.168. The van der Waals surface area contributed by atoms with Crippen LogP contribution in [0.3, 0.4) is 0 Å². The average Bonchev–Trinajstić information content (AvgIpc) is 3.51. The van der Waals surface area contributed by atoms with E-state index in [-0.39, 0.29) is 18.2 Å². The highest BCUT2D eigenvalue weighted by Gasteiger charge is 2.39. The molecule has 176 valence electrons. The van der Waals surface area contributed by atoms with Crippen LogP contribution in [0.4, 0.5) is 11.6 Å². The molecule has 0 N–H and O–H groups in total. The summed E-state index contributed by atoms with van der Waals surface area (Å²) in [7, 11) is 1.55. The van der Waals surface area contributed by atoms with Crippen molar-refractivity contribution in [3.05, 3.63) is 53.6 Å². The zero-order valence-corrected chi connectivity index (χ0v) is 19.4. The van der Waals surface area contributed by atoms with Crippen LogP contribution in [-0.4, -0.2) is 76.8 Å². The summed E-state index contributed by atoms with van der Waals surface area (Å²) in [5.74, 6) is 0.667. The van der Waals surface area contributed by atoms with Gasteiger partial charge in [0, 0.05) is 44.2 Å². The van der Waals surface area contributed by atoms with Gasteiger partial charge in [-0.1, -0.05) is 34.9 Å². The minimum atomic E-state index is -0.405. The Bertz CT molecular complexity index is 1190. The lowest BCUT2D eigenvalue weighted by atomic mass is 10.1. The van der Waals surface area contributed by atoms with Crippen molar-refractivity contribution in [2.45, 2.75) is 6.42 Å². The molecular formula is C23H24ClN7O3. The van der Waals surface area contributed by atoms with Gasteiger partial charge in [-0.2, -0.15) is 4.68 Å². The zero-order chi connectivity index (χ0) is 23.7. The molecule has 0 bridgehead atoms. The van der Waals surface area contributed by atoms with Crippen molar-refractivity contribution in [3.63, 3.8) is 0 Å². The van der Waals surface area contributed by atoms with Gasteiger partial charge in [0.05, 0.1) is 24.4 Å². The van der Waals surface area contributed by atoms with Crippen LogP contribution in [0.5, 0.6) is 5.75 Å². The highest BCUT2D eigenvalue weighted by Crippen LogP contribution is 2.35. The fourth-order valence-electron chi connectivity index (χ4n) is 4.48. The van der Waals surface area contributed by atoms with E-state index < -0.39 is 5.92 Å². The van der Waals surface area contributed by atoms with Crippen molar-refractivity contribution >= 4 is 35.1 Å². The van der Waals surface area contributed by atoms with Crippen LogP contribution in [0.15, 0.2) is 48.5 Å². The Morgan fingerprint density at radius 3 is 2.59 bits per heavy atom. The Hall–Kier alpha value is -3.66. The van der Waals surface area contributed by atoms with E-state index in [4.69, 9.17) is 16.3 Å². The lowest BCUT2D eigenvalue weighted by Crippen LogP contribution is -2.51. The molecule has 2 saturated heterocycles. The van der Waals surface area contributed by atoms with Crippen molar-refractivity contribution in [2.75, 3.05) is 49.6 Å². The van der Waals surface area contributed by atoms with E-state index in [1.165, 1.54) is 0 Å². The molecule has 0 aliphatic carbocycles. The van der Waals surface area contributed by atoms with Crippen molar-refractivity contribution in [2.24, 2.45) is 5.92 Å². The Labute approximate surface area is 201 Å². The topological polar surface area (TPSA) is 96.7 Å². The third kappa shape index (κ3) is 4.16. The van der Waals surface area contributed by atoms with Crippen molar-refractivity contribution in [1.29, 1.82) is 0 Å². The monoisotopic (exact) mass is 481 g/mol. The van der Waals surface area contributed by atoms with E-state index in [0.717, 1.165) is 5.69 Å². The van der Waals surface area contributed by atoms with Crippen LogP contribution in [-0.2, 0) is 9.59 Å². The van der Waals surface area contributed by atoms with E-state index in [1.807, 2.05) is 35.2 Å². The van der Waals surface area contributed by atoms with Gasteiger partial charge in [-0.05, 0) is 40.8 Å². The van der Waals surface area contributed by atoms with Gasteiger partial charge >= 0.3 is 0 Å². The number of amides is 2. The number of nitrogens with zero attached hydrogens (tertiary/aromatic N) is 7. The lowest BCUT2D eigenvalue weighted by Gasteiger charge is -2.35. The Morgan fingerprint density at radius 1 is 1.09 bits per heavy atom. The van der Waals surface area contributed by atoms with Gasteiger partial charge in [0.2, 0.25) is 17.8 Å². The molecule has 10 nitrogen and oxygen atoms in total. The van der Waals surface area contributed by atoms with Gasteiger partial charge in [-0.25, -0.2) is 0 Å². The molecule has 5 rings (SSSR count). The molecule has 11 heteroatoms. The average molecular weight is 482 g/mol. The molecule has 2 aliphatic heterocycles. The van der Waals surface area contributed by atoms with Crippen molar-refractivity contribution in [1.82, 2.24) is 25.1 Å². The van der Waals surface area contributed by atoms with Gasteiger partial charge in [-0.3, -0.25) is 9.59 Å². The van der Waals surface area contributed by atoms with Gasteiger partial charge < -0.3 is 19.4 Å². The first-order chi connectivity index (χ1) is 16.5. The van der Waals surface area contributed by atoms with Gasteiger partial charge in [0.15, 0.2) is 0 Å². The maximum absolute atomic E-state index is 13.3. The van der Waals surface area contributed by atoms with Crippen molar-refractivity contribution in [3.8, 4) is 11.4 Å². The highest BCUT2D eigenvalue weighted by atomic mass is 35.5. The number of rotatable bonds is 5. The summed E-state index contributed by atoms with van der Waals surface area (Å²) in [6, 6.07) is 14.8. The first kappa shape index (κ1) is 22.1. The fraction of sp³-hybridized carbons (Fsp3) is 0.348. The van der Waals surface area contributed by atoms with Crippen LogP contribution in [0.25, 0.3) is 5.69 Å². The van der Waals surface area contributed by atoms with Crippen LogP contribution >= 0.6 is 11.6 Å². The summed E-state index contributed by atoms with van der Waals surface area (Å²) in [5.41, 5.74) is 1.47. The quantitative estimate of drug-likeness (QED) is 0.550. The largest absolute Gasteiger partial charge is 0.495 e. The highest BCUT2D eigenvalue weighted by molar-refractivity contribution is 6.31. The Balaban J connectivity index is 1.24. The van der Waals surface area contributed by atoms with E-state index in [2.05, 4.69) is 20.4 Å². The van der Waals surface area contributed by atoms with Gasteiger partial charge in [0.25, 0.3) is 0 Å². The smallest absolute Gasteiger partial charge is 0.250 e. The minimum absolute atomic E-state index is 0.0147. The summed E-state index contributed by atoms with van der Waals surface area (Å²) in [6.45, 7) is 2.58. The van der Waals surface area contributed by atoms with Crippen LogP contribution < -0.4 is 14.5 Å². The number of aromatic nitrogens is 4. The standard InChI is InChI=1S/C23H24ClN7O3/c1-34-20-8-7-17(24)14-19(20)30-15-16(13-21(30)32)22(33)28-9-11-29(12-10-28)23-25-26-27-31(23)18-5-3-2-4-6-18/h2-8,14,16H,9-13,15H2,1H3. The number of carbonyl (C=O) groups is 2. The van der Waals surface area contributed by atoms with E-state index >= 15 is 0 Å². The van der Waals surface area contributed by atoms with Crippen molar-refractivity contribution < 1.29 is 14.3 Å². The number of ether oxygens (including phenoxy) is 1. The molecule has 1 atom stereocenters. The maximum atomic E-state index is 13.3. The number of piperazine rings is 1. The number of tetrazole rings is 1. The fourth-order valence-corrected chi connectivity index (χ4v) is 4.65. The van der Waals surface area contributed by atoms with E-state index in [0.29, 0.717) is 55.1 Å². The normalized spacial score (nSPS) is 18.5. The minimum Gasteiger partial charge on any atom is -0.495 e. The molecule has 1 unspecified atom stereocenters. The molecule has 0 spiro atoms. The lowest BCUT2D eigenvalue weighted by molar-refractivity contribution is -0.136. The molecule has 2 fully saturated rings. The number of benzene rings is 2. The van der Waals surface area contributed by atoms with Crippen LogP contribution in [0, 0.1) is 5.92 Å². The summed E-state index contributed by atoms with van der Waals surface area (Å²) < 4.78 is 7.09. The maximum Gasteiger partial charge on any atom is 0.250 e. The molecule has 1 aromatic heterocycles. The molecule has 3 aromatic rings. The number of anilines is 2. The summed E-state index contributed by atoms with van der Waals surface area (Å²) in [5, 5.41) is 12.6. The number of carbonyl (C=O) groups excluding carboxylic acids is 2. The van der Waals surface area contributed by atoms with Gasteiger partial charge in [0.1, 0.15) is 5.75 Å². The van der Waals surface area contributed by atoms with E-state index in [9.17, 15) is 9.59 Å². The van der Waals surface area contributed by atoms with E-state index in [1.54, 1.807) is 34.9 Å². The summed E-state index contributed by atoms with van der Waals surface area (Å²) in [4.78, 5) is 31.5. The first-order valence-electron chi connectivity index (χ1n) is 11.1. The zero-order valence-electron chi connectivity index (χ0n) is 18.7. The van der Waals surface area contributed by atoms with Crippen LogP contribution in [0.1, 0.15) is 6.42 Å². The Kier molecular flexibility index (Phi) is 6.06. The number of methoxy groups -OCH3 is 1. The van der Waals surface area contributed by atoms with Crippen LogP contribution in [0.2, 0.25) is 5.02 Å². The molecule has 2 aromatic carbocycles. The number of para-hydroxylation sites is 1. The third-order valence-corrected chi connectivity index (χ3v) is 6.47. The second-order valence-electron chi connectivity index (χ2n) is 8.26. The predicted octanol–water partition coefficient (Wildman–Crippen LogP) is 2.03. The molecule has 2 amide bonds. The molecule has 0 saturated carbocycles. The number of hydrogen-bond donors (Lipinski definition) is 0. The Morgan fingerprint density at radius 2 is 1.85 bits per heavy atom. The number of halogens is 1. The molecule has 34 heavy (non-hydrogen) atoms. The molecular weight excluding hydrogens is 458 g/mol. The second-order valence-corrected chi connectivity index (χ2v) is 8.70. The second kappa shape index (κ2) is 9.30. The third-order valence-electron chi connectivity index (χ3n) is 6.23. The number of hydrogen-bond acceptors (Lipinski definition) is 7. The van der Waals surface area contributed by atoms with Gasteiger partial charge in [-0.15, -0.1) is 0 Å². The first-order valence-corrected chi connectivity index (χ1v) is 11.4. The summed E-state index contributed by atoms with van der Waals surface area (Å²) >= 11 is 6.14. The molecule has 2 aliphatic rings.